The van der Waals surface area contributed by atoms with Gasteiger partial charge in [0.25, 0.3) is 5.56 Å². The summed E-state index contributed by atoms with van der Waals surface area (Å²) < 4.78 is 1.84. The van der Waals surface area contributed by atoms with E-state index >= 15 is 0 Å². The van der Waals surface area contributed by atoms with Gasteiger partial charge in [-0.3, -0.25) is 14.2 Å². The number of hydrogen-bond acceptors (Lipinski definition) is 4. The third kappa shape index (κ3) is 4.37. The Morgan fingerprint density at radius 3 is 2.67 bits per heavy atom. The zero-order chi connectivity index (χ0) is 19.6. The first kappa shape index (κ1) is 19.9. The van der Waals surface area contributed by atoms with E-state index < -0.39 is 0 Å². The van der Waals surface area contributed by atoms with E-state index in [0.717, 1.165) is 32.1 Å². The molecule has 0 aliphatic heterocycles. The van der Waals surface area contributed by atoms with Gasteiger partial charge in [-0.25, -0.2) is 4.98 Å². The van der Waals surface area contributed by atoms with Gasteiger partial charge in [0, 0.05) is 11.6 Å². The second-order valence-electron chi connectivity index (χ2n) is 8.01. The molecule has 1 aromatic carbocycles. The molecule has 2 aromatic rings. The summed E-state index contributed by atoms with van der Waals surface area (Å²) in [5.41, 5.74) is 0.464. The highest BCUT2D eigenvalue weighted by Crippen LogP contribution is 2.33. The lowest BCUT2D eigenvalue weighted by Crippen LogP contribution is -2.46. The fourth-order valence-corrected chi connectivity index (χ4v) is 4.41. The molecule has 0 spiro atoms. The van der Waals surface area contributed by atoms with Crippen molar-refractivity contribution >= 4 is 28.6 Å². The van der Waals surface area contributed by atoms with Gasteiger partial charge in [0.15, 0.2) is 5.16 Å². The molecule has 1 N–H and O–H groups in total. The van der Waals surface area contributed by atoms with Gasteiger partial charge in [-0.15, -0.1) is 0 Å². The molecule has 27 heavy (non-hydrogen) atoms. The molecule has 0 radical (unpaired) electrons. The Morgan fingerprint density at radius 1 is 1.33 bits per heavy atom. The van der Waals surface area contributed by atoms with Crippen molar-refractivity contribution in [1.82, 2.24) is 14.9 Å². The molecule has 3 rings (SSSR count). The quantitative estimate of drug-likeness (QED) is 0.593. The van der Waals surface area contributed by atoms with Gasteiger partial charge in [-0.2, -0.15) is 0 Å². The Morgan fingerprint density at radius 2 is 2.00 bits per heavy atom. The molecule has 0 bridgehead atoms. The third-order valence-corrected chi connectivity index (χ3v) is 6.53. The maximum Gasteiger partial charge on any atom is 0.262 e. The topological polar surface area (TPSA) is 64.0 Å². The largest absolute Gasteiger partial charge is 0.350 e. The Labute approximate surface area is 164 Å². The fraction of sp³-hybridized carbons (Fsp3) is 0.571. The standard InChI is InChI=1S/C21H29N3O2S/c1-5-21(3,4)23-18(25)14(2)27-20-22-17-13-9-8-12-16(17)19(26)24(20)15-10-6-7-11-15/h8-9,12-15H,5-7,10-11H2,1-4H3,(H,23,25). The highest BCUT2D eigenvalue weighted by molar-refractivity contribution is 8.00. The first-order valence-electron chi connectivity index (χ1n) is 9.82. The molecule has 0 saturated heterocycles. The second kappa shape index (κ2) is 8.05. The minimum atomic E-state index is -0.323. The number of nitrogens with zero attached hydrogens (tertiary/aromatic N) is 2. The summed E-state index contributed by atoms with van der Waals surface area (Å²) in [6.45, 7) is 7.98. The van der Waals surface area contributed by atoms with Crippen LogP contribution in [0, 0.1) is 0 Å². The van der Waals surface area contributed by atoms with Gasteiger partial charge >= 0.3 is 0 Å². The molecule has 1 aromatic heterocycles. The van der Waals surface area contributed by atoms with Gasteiger partial charge in [0.05, 0.1) is 16.2 Å². The molecule has 6 heteroatoms. The van der Waals surface area contributed by atoms with Crippen molar-refractivity contribution in [2.45, 2.75) is 81.8 Å². The van der Waals surface area contributed by atoms with Crippen molar-refractivity contribution in [3.05, 3.63) is 34.6 Å². The van der Waals surface area contributed by atoms with Gasteiger partial charge in [0.2, 0.25) is 5.91 Å². The average Bonchev–Trinajstić information content (AvgIpc) is 3.15. The number of hydrogen-bond donors (Lipinski definition) is 1. The Bertz CT molecular complexity index is 885. The SMILES string of the molecule is CCC(C)(C)NC(=O)C(C)Sc1nc2ccccc2c(=O)n1C1CCCC1. The number of carbonyl (C=O) groups is 1. The molecule has 1 fully saturated rings. The monoisotopic (exact) mass is 387 g/mol. The molecule has 1 amide bonds. The van der Waals surface area contributed by atoms with Gasteiger partial charge in [-0.1, -0.05) is 43.7 Å². The Balaban J connectivity index is 1.96. The van der Waals surface area contributed by atoms with Crippen LogP contribution in [-0.2, 0) is 4.79 Å². The minimum Gasteiger partial charge on any atom is -0.350 e. The van der Waals surface area contributed by atoms with Crippen molar-refractivity contribution in [1.29, 1.82) is 0 Å². The van der Waals surface area contributed by atoms with Crippen LogP contribution < -0.4 is 10.9 Å². The van der Waals surface area contributed by atoms with Crippen molar-refractivity contribution in [3.8, 4) is 0 Å². The van der Waals surface area contributed by atoms with Crippen LogP contribution in [0.3, 0.4) is 0 Å². The minimum absolute atomic E-state index is 0.0106. The summed E-state index contributed by atoms with van der Waals surface area (Å²) in [6.07, 6.45) is 5.12. The van der Waals surface area contributed by atoms with Gasteiger partial charge < -0.3 is 5.32 Å². The first-order valence-corrected chi connectivity index (χ1v) is 10.7. The smallest absolute Gasteiger partial charge is 0.262 e. The maximum atomic E-state index is 13.2. The van der Waals surface area contributed by atoms with Gasteiger partial charge in [-0.05, 0) is 52.2 Å². The number of rotatable bonds is 6. The number of para-hydroxylation sites is 1. The average molecular weight is 388 g/mol. The summed E-state index contributed by atoms with van der Waals surface area (Å²) in [5.74, 6) is -0.0211. The Kier molecular flexibility index (Phi) is 5.94. The lowest BCUT2D eigenvalue weighted by Gasteiger charge is -2.27. The summed E-state index contributed by atoms with van der Waals surface area (Å²) in [5, 5.41) is 4.08. The fourth-order valence-electron chi connectivity index (χ4n) is 3.43. The van der Waals surface area contributed by atoms with E-state index in [9.17, 15) is 9.59 Å². The lowest BCUT2D eigenvalue weighted by atomic mass is 10.0. The van der Waals surface area contributed by atoms with E-state index in [1.165, 1.54) is 11.8 Å². The Hall–Kier alpha value is -1.82. The number of benzene rings is 1. The van der Waals surface area contributed by atoms with Crippen LogP contribution in [-0.4, -0.2) is 26.2 Å². The molecule has 1 atom stereocenters. The van der Waals surface area contributed by atoms with E-state index in [0.29, 0.717) is 16.1 Å². The predicted octanol–water partition coefficient (Wildman–Crippen LogP) is 4.30. The summed E-state index contributed by atoms with van der Waals surface area (Å²) in [6, 6.07) is 7.65. The van der Waals surface area contributed by atoms with E-state index in [1.807, 2.05) is 49.6 Å². The first-order chi connectivity index (χ1) is 12.8. The van der Waals surface area contributed by atoms with Crippen LogP contribution in [0.5, 0.6) is 0 Å². The number of amides is 1. The molecule has 1 unspecified atom stereocenters. The van der Waals surface area contributed by atoms with Crippen LogP contribution in [0.4, 0.5) is 0 Å². The molecule has 146 valence electrons. The zero-order valence-electron chi connectivity index (χ0n) is 16.6. The zero-order valence-corrected chi connectivity index (χ0v) is 17.4. The van der Waals surface area contributed by atoms with Crippen LogP contribution in [0.2, 0.25) is 0 Å². The van der Waals surface area contributed by atoms with E-state index in [1.54, 1.807) is 0 Å². The number of fused-ring (bicyclic) bond motifs is 1. The highest BCUT2D eigenvalue weighted by Gasteiger charge is 2.27. The van der Waals surface area contributed by atoms with Crippen molar-refractivity contribution in [2.24, 2.45) is 0 Å². The highest BCUT2D eigenvalue weighted by atomic mass is 32.2. The maximum absolute atomic E-state index is 13.2. The second-order valence-corrected chi connectivity index (χ2v) is 9.32. The van der Waals surface area contributed by atoms with Crippen LogP contribution in [0.15, 0.2) is 34.2 Å². The number of carbonyl (C=O) groups excluding carboxylic acids is 1. The molecular weight excluding hydrogens is 358 g/mol. The van der Waals surface area contributed by atoms with Crippen molar-refractivity contribution in [2.75, 3.05) is 0 Å². The van der Waals surface area contributed by atoms with Crippen LogP contribution >= 0.6 is 11.8 Å². The number of nitrogens with one attached hydrogen (secondary N) is 1. The predicted molar refractivity (Wildman–Crippen MR) is 111 cm³/mol. The van der Waals surface area contributed by atoms with Gasteiger partial charge in [0.1, 0.15) is 0 Å². The molecule has 1 aliphatic carbocycles. The normalized spacial score (nSPS) is 16.6. The molecule has 1 heterocycles. The molecular formula is C21H29N3O2S. The van der Waals surface area contributed by atoms with Crippen molar-refractivity contribution in [3.63, 3.8) is 0 Å². The lowest BCUT2D eigenvalue weighted by molar-refractivity contribution is -0.121. The molecule has 5 nitrogen and oxygen atoms in total. The summed E-state index contributed by atoms with van der Waals surface area (Å²) >= 11 is 1.39. The van der Waals surface area contributed by atoms with Crippen LogP contribution in [0.1, 0.15) is 65.8 Å². The molecule has 1 saturated carbocycles. The third-order valence-electron chi connectivity index (χ3n) is 5.46. The van der Waals surface area contributed by atoms with E-state index in [4.69, 9.17) is 4.98 Å². The summed E-state index contributed by atoms with van der Waals surface area (Å²) in [7, 11) is 0. The number of aromatic nitrogens is 2. The van der Waals surface area contributed by atoms with Crippen LogP contribution in [0.25, 0.3) is 10.9 Å². The number of thioether (sulfide) groups is 1. The summed E-state index contributed by atoms with van der Waals surface area (Å²) in [4.78, 5) is 30.6. The molecule has 1 aliphatic rings. The van der Waals surface area contributed by atoms with E-state index in [2.05, 4.69) is 12.2 Å². The van der Waals surface area contributed by atoms with E-state index in [-0.39, 0.29) is 28.3 Å². The van der Waals surface area contributed by atoms with Crippen molar-refractivity contribution < 1.29 is 4.79 Å².